The van der Waals surface area contributed by atoms with E-state index in [0.717, 1.165) is 74.9 Å². The Hall–Kier alpha value is -2.28. The average molecular weight is 366 g/mol. The van der Waals surface area contributed by atoms with Gasteiger partial charge in [-0.15, -0.1) is 0 Å². The third-order valence-electron chi connectivity index (χ3n) is 5.95. The van der Waals surface area contributed by atoms with Crippen molar-refractivity contribution < 1.29 is 0 Å². The van der Waals surface area contributed by atoms with Crippen LogP contribution >= 0.6 is 0 Å². The maximum atomic E-state index is 12.2. The van der Waals surface area contributed by atoms with Gasteiger partial charge in [-0.2, -0.15) is 5.10 Å². The number of hydrogen-bond acceptors (Lipinski definition) is 6. The lowest BCUT2D eigenvalue weighted by Crippen LogP contribution is -2.48. The Morgan fingerprint density at radius 1 is 1.07 bits per heavy atom. The van der Waals surface area contributed by atoms with Crippen LogP contribution in [0.3, 0.4) is 0 Å². The molecule has 7 heteroatoms. The van der Waals surface area contributed by atoms with Gasteiger partial charge in [0.05, 0.1) is 12.2 Å². The number of anilines is 1. The molecule has 0 unspecified atom stereocenters. The fourth-order valence-corrected chi connectivity index (χ4v) is 4.11. The van der Waals surface area contributed by atoms with E-state index in [9.17, 15) is 4.79 Å². The second kappa shape index (κ2) is 7.03. The molecule has 2 fully saturated rings. The molecule has 1 saturated heterocycles. The highest BCUT2D eigenvalue weighted by Gasteiger charge is 2.27. The summed E-state index contributed by atoms with van der Waals surface area (Å²) in [5.74, 6) is 2.66. The summed E-state index contributed by atoms with van der Waals surface area (Å²) in [5, 5.41) is 4.58. The van der Waals surface area contributed by atoms with Crippen molar-refractivity contribution in [2.24, 2.45) is 0 Å². The largest absolute Gasteiger partial charge is 0.354 e. The van der Waals surface area contributed by atoms with Crippen molar-refractivity contribution >= 4 is 5.82 Å². The standard InChI is InChI=1S/C20H26N6O/c27-19-14-16-2-1-3-17(16)23-26(19)13-10-24-8-11-25(12-9-24)18-6-7-21-20(22-18)15-4-5-15/h6-7,14-15H,1-5,8-13H2. The molecule has 0 aromatic carbocycles. The summed E-state index contributed by atoms with van der Waals surface area (Å²) in [5.41, 5.74) is 2.32. The van der Waals surface area contributed by atoms with Crippen molar-refractivity contribution in [3.63, 3.8) is 0 Å². The summed E-state index contributed by atoms with van der Waals surface area (Å²) in [6.07, 6.45) is 7.50. The molecule has 0 radical (unpaired) electrons. The maximum Gasteiger partial charge on any atom is 0.267 e. The maximum absolute atomic E-state index is 12.2. The van der Waals surface area contributed by atoms with Gasteiger partial charge in [-0.1, -0.05) is 0 Å². The lowest BCUT2D eigenvalue weighted by atomic mass is 10.2. The summed E-state index contributed by atoms with van der Waals surface area (Å²) in [6.45, 7) is 5.45. The minimum absolute atomic E-state index is 0.0443. The van der Waals surface area contributed by atoms with E-state index in [-0.39, 0.29) is 5.56 Å². The predicted molar refractivity (Wildman–Crippen MR) is 103 cm³/mol. The molecule has 0 N–H and O–H groups in total. The molecule has 1 saturated carbocycles. The Balaban J connectivity index is 1.17. The van der Waals surface area contributed by atoms with Crippen molar-refractivity contribution in [3.05, 3.63) is 45.8 Å². The summed E-state index contributed by atoms with van der Waals surface area (Å²) in [4.78, 5) is 26.2. The van der Waals surface area contributed by atoms with Gasteiger partial charge in [0.25, 0.3) is 5.56 Å². The first-order valence-electron chi connectivity index (χ1n) is 10.2. The van der Waals surface area contributed by atoms with Crippen LogP contribution in [-0.4, -0.2) is 57.4 Å². The topological polar surface area (TPSA) is 67.2 Å². The zero-order chi connectivity index (χ0) is 18.2. The second-order valence-electron chi connectivity index (χ2n) is 7.91. The van der Waals surface area contributed by atoms with Crippen LogP contribution in [0.25, 0.3) is 0 Å². The van der Waals surface area contributed by atoms with Crippen molar-refractivity contribution in [1.82, 2.24) is 24.6 Å². The quantitative estimate of drug-likeness (QED) is 0.793. The molecular formula is C20H26N6O. The molecule has 27 heavy (non-hydrogen) atoms. The fourth-order valence-electron chi connectivity index (χ4n) is 4.11. The summed E-state index contributed by atoms with van der Waals surface area (Å²) in [6, 6.07) is 3.81. The third-order valence-corrected chi connectivity index (χ3v) is 5.95. The van der Waals surface area contributed by atoms with E-state index in [0.29, 0.717) is 12.5 Å². The van der Waals surface area contributed by atoms with E-state index in [1.807, 2.05) is 12.3 Å². The predicted octanol–water partition coefficient (Wildman–Crippen LogP) is 1.22. The minimum Gasteiger partial charge on any atom is -0.354 e. The summed E-state index contributed by atoms with van der Waals surface area (Å²) < 4.78 is 1.66. The Bertz CT molecular complexity index is 882. The number of nitrogens with zero attached hydrogens (tertiary/aromatic N) is 6. The van der Waals surface area contributed by atoms with E-state index in [2.05, 4.69) is 19.9 Å². The molecule has 0 atom stereocenters. The summed E-state index contributed by atoms with van der Waals surface area (Å²) >= 11 is 0. The van der Waals surface area contributed by atoms with E-state index in [4.69, 9.17) is 4.98 Å². The van der Waals surface area contributed by atoms with Gasteiger partial charge in [0.15, 0.2) is 0 Å². The van der Waals surface area contributed by atoms with Gasteiger partial charge < -0.3 is 4.90 Å². The molecule has 0 amide bonds. The van der Waals surface area contributed by atoms with Gasteiger partial charge in [-0.05, 0) is 43.7 Å². The number of rotatable bonds is 5. The van der Waals surface area contributed by atoms with Crippen molar-refractivity contribution in [2.75, 3.05) is 37.6 Å². The molecule has 2 aliphatic carbocycles. The van der Waals surface area contributed by atoms with Crippen LogP contribution in [0, 0.1) is 0 Å². The minimum atomic E-state index is 0.0443. The van der Waals surface area contributed by atoms with Crippen molar-refractivity contribution in [1.29, 1.82) is 0 Å². The Morgan fingerprint density at radius 2 is 1.93 bits per heavy atom. The van der Waals surface area contributed by atoms with Crippen LogP contribution < -0.4 is 10.5 Å². The van der Waals surface area contributed by atoms with Crippen molar-refractivity contribution in [3.8, 4) is 0 Å². The van der Waals surface area contributed by atoms with Crippen LogP contribution in [0.1, 0.15) is 42.3 Å². The normalized spacial score (nSPS) is 20.1. The number of aromatic nitrogens is 4. The first kappa shape index (κ1) is 16.9. The van der Waals surface area contributed by atoms with Crippen LogP contribution in [-0.2, 0) is 19.4 Å². The highest BCUT2D eigenvalue weighted by Crippen LogP contribution is 2.38. The average Bonchev–Trinajstić information content (AvgIpc) is 3.46. The number of hydrogen-bond donors (Lipinski definition) is 0. The fraction of sp³-hybridized carbons (Fsp3) is 0.600. The molecular weight excluding hydrogens is 340 g/mol. The first-order valence-corrected chi connectivity index (χ1v) is 10.2. The Labute approximate surface area is 159 Å². The van der Waals surface area contributed by atoms with Gasteiger partial charge in [0, 0.05) is 50.9 Å². The lowest BCUT2D eigenvalue weighted by molar-refractivity contribution is 0.242. The molecule has 1 aliphatic heterocycles. The molecule has 3 aliphatic rings. The van der Waals surface area contributed by atoms with Gasteiger partial charge in [0.1, 0.15) is 11.6 Å². The van der Waals surface area contributed by atoms with E-state index < -0.39 is 0 Å². The lowest BCUT2D eigenvalue weighted by Gasteiger charge is -2.35. The molecule has 0 bridgehead atoms. The Kier molecular flexibility index (Phi) is 4.39. The van der Waals surface area contributed by atoms with E-state index in [1.165, 1.54) is 12.8 Å². The molecule has 0 spiro atoms. The number of piperazine rings is 1. The van der Waals surface area contributed by atoms with E-state index in [1.54, 1.807) is 10.7 Å². The highest BCUT2D eigenvalue weighted by atomic mass is 16.1. The third kappa shape index (κ3) is 3.60. The summed E-state index contributed by atoms with van der Waals surface area (Å²) in [7, 11) is 0. The highest BCUT2D eigenvalue weighted by molar-refractivity contribution is 5.38. The zero-order valence-electron chi connectivity index (χ0n) is 15.7. The molecule has 2 aromatic heterocycles. The van der Waals surface area contributed by atoms with E-state index >= 15 is 0 Å². The molecule has 5 rings (SSSR count). The van der Waals surface area contributed by atoms with Crippen LogP contribution in [0.2, 0.25) is 0 Å². The number of fused-ring (bicyclic) bond motifs is 1. The smallest absolute Gasteiger partial charge is 0.267 e. The Morgan fingerprint density at radius 3 is 2.74 bits per heavy atom. The zero-order valence-corrected chi connectivity index (χ0v) is 15.7. The molecule has 142 valence electrons. The SMILES string of the molecule is O=c1cc2c(nn1CCN1CCN(c3ccnc(C4CC4)n3)CC1)CCC2. The second-order valence-corrected chi connectivity index (χ2v) is 7.91. The molecule has 2 aromatic rings. The van der Waals surface area contributed by atoms with Gasteiger partial charge in [-0.3, -0.25) is 9.69 Å². The van der Waals surface area contributed by atoms with Gasteiger partial charge in [0.2, 0.25) is 0 Å². The first-order chi connectivity index (χ1) is 13.3. The number of aryl methyl sites for hydroxylation is 2. The van der Waals surface area contributed by atoms with Gasteiger partial charge >= 0.3 is 0 Å². The van der Waals surface area contributed by atoms with Crippen LogP contribution in [0.15, 0.2) is 23.1 Å². The van der Waals surface area contributed by atoms with Crippen LogP contribution in [0.5, 0.6) is 0 Å². The molecule has 7 nitrogen and oxygen atoms in total. The van der Waals surface area contributed by atoms with Gasteiger partial charge in [-0.25, -0.2) is 14.6 Å². The molecule has 3 heterocycles. The monoisotopic (exact) mass is 366 g/mol. The van der Waals surface area contributed by atoms with Crippen LogP contribution in [0.4, 0.5) is 5.82 Å². The van der Waals surface area contributed by atoms with Crippen molar-refractivity contribution in [2.45, 2.75) is 44.6 Å².